The molecule has 0 spiro atoms. The molecule has 72 valence electrons. The Bertz CT molecular complexity index is 168. The predicted molar refractivity (Wildman–Crippen MR) is 52.6 cm³/mol. The SMILES string of the molecule is Cl.NC(=O)CSC[C@@H](Cl)C(N)=O. The van der Waals surface area contributed by atoms with Crippen LogP contribution in [0, 0.1) is 0 Å². The number of alkyl halides is 1. The topological polar surface area (TPSA) is 86.2 Å². The molecule has 0 saturated heterocycles. The fourth-order valence-corrected chi connectivity index (χ4v) is 1.30. The van der Waals surface area contributed by atoms with E-state index >= 15 is 0 Å². The highest BCUT2D eigenvalue weighted by Gasteiger charge is 2.10. The molecule has 0 rings (SSSR count). The monoisotopic (exact) mass is 232 g/mol. The lowest BCUT2D eigenvalue weighted by Gasteiger charge is -2.01. The first kappa shape index (κ1) is 14.4. The molecule has 0 heterocycles. The molecule has 0 aromatic carbocycles. The summed E-state index contributed by atoms with van der Waals surface area (Å²) in [6.45, 7) is 0. The lowest BCUT2D eigenvalue weighted by Crippen LogP contribution is -2.26. The van der Waals surface area contributed by atoms with E-state index in [2.05, 4.69) is 0 Å². The predicted octanol–water partition coefficient (Wildman–Crippen LogP) is -0.281. The summed E-state index contributed by atoms with van der Waals surface area (Å²) in [5.41, 5.74) is 9.69. The van der Waals surface area contributed by atoms with Crippen molar-refractivity contribution in [1.29, 1.82) is 0 Å². The second-order valence-corrected chi connectivity index (χ2v) is 3.41. The van der Waals surface area contributed by atoms with Crippen molar-refractivity contribution in [3.63, 3.8) is 0 Å². The molecule has 0 saturated carbocycles. The minimum atomic E-state index is -0.723. The number of primary amides is 2. The molecule has 7 heteroatoms. The van der Waals surface area contributed by atoms with Gasteiger partial charge in [-0.3, -0.25) is 9.59 Å². The van der Waals surface area contributed by atoms with E-state index in [-0.39, 0.29) is 18.2 Å². The normalized spacial score (nSPS) is 11.4. The van der Waals surface area contributed by atoms with Gasteiger partial charge >= 0.3 is 0 Å². The van der Waals surface area contributed by atoms with Crippen molar-refractivity contribution in [1.82, 2.24) is 0 Å². The van der Waals surface area contributed by atoms with E-state index in [9.17, 15) is 9.59 Å². The minimum Gasteiger partial charge on any atom is -0.369 e. The molecule has 1 atom stereocenters. The highest BCUT2D eigenvalue weighted by molar-refractivity contribution is 8.00. The molecular formula is C5H10Cl2N2O2S. The largest absolute Gasteiger partial charge is 0.369 e. The van der Waals surface area contributed by atoms with Gasteiger partial charge in [-0.2, -0.15) is 0 Å². The van der Waals surface area contributed by atoms with Gasteiger partial charge in [0.05, 0.1) is 5.75 Å². The quantitative estimate of drug-likeness (QED) is 0.640. The van der Waals surface area contributed by atoms with Crippen molar-refractivity contribution in [3.8, 4) is 0 Å². The molecule has 4 nitrogen and oxygen atoms in total. The third-order valence-electron chi connectivity index (χ3n) is 0.817. The first-order valence-electron chi connectivity index (χ1n) is 2.83. The van der Waals surface area contributed by atoms with Gasteiger partial charge in [-0.25, -0.2) is 0 Å². The van der Waals surface area contributed by atoms with Crippen LogP contribution in [0.15, 0.2) is 0 Å². The maximum Gasteiger partial charge on any atom is 0.236 e. The smallest absolute Gasteiger partial charge is 0.236 e. The number of amides is 2. The summed E-state index contributed by atoms with van der Waals surface area (Å²) < 4.78 is 0. The Hall–Kier alpha value is -0.130. The molecule has 2 amide bonds. The van der Waals surface area contributed by atoms with Gasteiger partial charge in [0.15, 0.2) is 0 Å². The Morgan fingerprint density at radius 2 is 1.92 bits per heavy atom. The summed E-state index contributed by atoms with van der Waals surface area (Å²) in [6.07, 6.45) is 0. The van der Waals surface area contributed by atoms with E-state index < -0.39 is 17.2 Å². The summed E-state index contributed by atoms with van der Waals surface area (Å²) >= 11 is 6.64. The van der Waals surface area contributed by atoms with E-state index in [1.54, 1.807) is 0 Å². The van der Waals surface area contributed by atoms with E-state index in [0.717, 1.165) is 0 Å². The Kier molecular flexibility index (Phi) is 9.02. The zero-order valence-electron chi connectivity index (χ0n) is 6.16. The summed E-state index contributed by atoms with van der Waals surface area (Å²) in [7, 11) is 0. The maximum absolute atomic E-state index is 10.3. The molecule has 12 heavy (non-hydrogen) atoms. The Balaban J connectivity index is 0. The van der Waals surface area contributed by atoms with Crippen molar-refractivity contribution in [2.75, 3.05) is 11.5 Å². The van der Waals surface area contributed by atoms with Crippen LogP contribution in [0.2, 0.25) is 0 Å². The number of thioether (sulfide) groups is 1. The molecule has 0 aliphatic rings. The lowest BCUT2D eigenvalue weighted by molar-refractivity contribution is -0.117. The highest BCUT2D eigenvalue weighted by atomic mass is 35.5. The van der Waals surface area contributed by atoms with Gasteiger partial charge in [-0.15, -0.1) is 35.8 Å². The second kappa shape index (κ2) is 7.52. The van der Waals surface area contributed by atoms with Crippen LogP contribution in [0.5, 0.6) is 0 Å². The molecule has 0 bridgehead atoms. The first-order chi connectivity index (χ1) is 5.04. The molecular weight excluding hydrogens is 223 g/mol. The minimum absolute atomic E-state index is 0. The standard InChI is InChI=1S/C5H9ClN2O2S.ClH/c6-3(5(8)10)1-11-2-4(7)9;/h3H,1-2H2,(H2,7,9)(H2,8,10);1H/t3-;/m1./s1. The van der Waals surface area contributed by atoms with E-state index in [1.807, 2.05) is 0 Å². The van der Waals surface area contributed by atoms with Crippen molar-refractivity contribution in [3.05, 3.63) is 0 Å². The van der Waals surface area contributed by atoms with Crippen LogP contribution in [0.1, 0.15) is 0 Å². The molecule has 4 N–H and O–H groups in total. The average molecular weight is 233 g/mol. The summed E-state index contributed by atoms with van der Waals surface area (Å²) in [4.78, 5) is 20.5. The van der Waals surface area contributed by atoms with Gasteiger partial charge in [0, 0.05) is 5.75 Å². The van der Waals surface area contributed by atoms with E-state index in [1.165, 1.54) is 11.8 Å². The van der Waals surface area contributed by atoms with Crippen LogP contribution in [0.3, 0.4) is 0 Å². The van der Waals surface area contributed by atoms with Gasteiger partial charge in [0.2, 0.25) is 11.8 Å². The van der Waals surface area contributed by atoms with Crippen molar-refractivity contribution in [2.45, 2.75) is 5.38 Å². The van der Waals surface area contributed by atoms with Gasteiger partial charge in [0.1, 0.15) is 5.38 Å². The number of hydrogen-bond donors (Lipinski definition) is 2. The Morgan fingerprint density at radius 1 is 1.42 bits per heavy atom. The summed E-state index contributed by atoms with van der Waals surface area (Å²) in [5, 5.41) is -0.723. The zero-order chi connectivity index (χ0) is 8.85. The number of halogens is 2. The van der Waals surface area contributed by atoms with Crippen LogP contribution < -0.4 is 11.5 Å². The highest BCUT2D eigenvalue weighted by Crippen LogP contribution is 2.06. The van der Waals surface area contributed by atoms with Crippen LogP contribution in [0.4, 0.5) is 0 Å². The zero-order valence-corrected chi connectivity index (χ0v) is 8.55. The van der Waals surface area contributed by atoms with Gasteiger partial charge < -0.3 is 11.5 Å². The van der Waals surface area contributed by atoms with Gasteiger partial charge in [-0.05, 0) is 0 Å². The average Bonchev–Trinajstić information content (AvgIpc) is 1.86. The Morgan fingerprint density at radius 3 is 2.25 bits per heavy atom. The summed E-state index contributed by atoms with van der Waals surface area (Å²) in [6, 6.07) is 0. The number of rotatable bonds is 5. The maximum atomic E-state index is 10.3. The van der Waals surface area contributed by atoms with Crippen LogP contribution >= 0.6 is 35.8 Å². The number of carbonyl (C=O) groups excluding carboxylic acids is 2. The number of nitrogens with two attached hydrogens (primary N) is 2. The van der Waals surface area contributed by atoms with Crippen molar-refractivity contribution >= 4 is 47.6 Å². The van der Waals surface area contributed by atoms with Gasteiger partial charge in [-0.1, -0.05) is 0 Å². The van der Waals surface area contributed by atoms with E-state index in [4.69, 9.17) is 23.1 Å². The number of carbonyl (C=O) groups is 2. The van der Waals surface area contributed by atoms with Crippen LogP contribution in [-0.2, 0) is 9.59 Å². The molecule has 0 aromatic heterocycles. The van der Waals surface area contributed by atoms with Crippen molar-refractivity contribution in [2.24, 2.45) is 11.5 Å². The Labute approximate surface area is 85.8 Å². The first-order valence-corrected chi connectivity index (χ1v) is 4.42. The fourth-order valence-electron chi connectivity index (χ4n) is 0.345. The summed E-state index contributed by atoms with van der Waals surface area (Å²) in [5.74, 6) is -0.525. The van der Waals surface area contributed by atoms with Crippen molar-refractivity contribution < 1.29 is 9.59 Å². The molecule has 0 fully saturated rings. The third kappa shape index (κ3) is 7.97. The van der Waals surface area contributed by atoms with E-state index in [0.29, 0.717) is 5.75 Å². The number of hydrogen-bond acceptors (Lipinski definition) is 3. The molecule has 0 aromatic rings. The van der Waals surface area contributed by atoms with Crippen LogP contribution in [0.25, 0.3) is 0 Å². The molecule has 0 aliphatic heterocycles. The molecule has 0 aliphatic carbocycles. The molecule has 0 radical (unpaired) electrons. The van der Waals surface area contributed by atoms with Gasteiger partial charge in [0.25, 0.3) is 0 Å². The van der Waals surface area contributed by atoms with Crippen LogP contribution in [-0.4, -0.2) is 28.7 Å². The third-order valence-corrected chi connectivity index (χ3v) is 2.43. The lowest BCUT2D eigenvalue weighted by atomic mass is 10.5. The second-order valence-electron chi connectivity index (χ2n) is 1.85. The molecule has 0 unspecified atom stereocenters. The fraction of sp³-hybridized carbons (Fsp3) is 0.600.